The molecule has 0 spiro atoms. The summed E-state index contributed by atoms with van der Waals surface area (Å²) in [6.07, 6.45) is -3.14. The summed E-state index contributed by atoms with van der Waals surface area (Å²) in [5.74, 6) is -0.374. The van der Waals surface area contributed by atoms with Crippen LogP contribution in [0.5, 0.6) is 0 Å². The second-order valence-corrected chi connectivity index (χ2v) is 4.54. The number of aromatic nitrogens is 1. The van der Waals surface area contributed by atoms with Crippen LogP contribution in [0.3, 0.4) is 0 Å². The smallest absolute Gasteiger partial charge is 0.396 e. The van der Waals surface area contributed by atoms with Gasteiger partial charge < -0.3 is 15.7 Å². The molecule has 0 unspecified atom stereocenters. The predicted molar refractivity (Wildman–Crippen MR) is 72.2 cm³/mol. The quantitative estimate of drug-likeness (QED) is 0.672. The van der Waals surface area contributed by atoms with Gasteiger partial charge in [0.1, 0.15) is 12.4 Å². The molecule has 5 nitrogen and oxygen atoms in total. The topological polar surface area (TPSA) is 74.2 Å². The first-order valence-electron chi connectivity index (χ1n) is 6.50. The zero-order chi connectivity index (χ0) is 15.9. The Balaban J connectivity index is 2.65. The van der Waals surface area contributed by atoms with Gasteiger partial charge in [0, 0.05) is 24.4 Å². The van der Waals surface area contributed by atoms with Crippen molar-refractivity contribution < 1.29 is 23.1 Å². The fraction of sp³-hybridized carbons (Fsp3) is 0.538. The molecule has 1 aromatic rings. The third-order valence-corrected chi connectivity index (χ3v) is 2.56. The molecule has 0 fully saturated rings. The lowest BCUT2D eigenvalue weighted by molar-refractivity contribution is -0.115. The lowest BCUT2D eigenvalue weighted by atomic mass is 10.2. The number of carbonyl (C=O) groups excluding carboxylic acids is 1. The summed E-state index contributed by atoms with van der Waals surface area (Å²) >= 11 is 0. The second kappa shape index (κ2) is 7.82. The summed E-state index contributed by atoms with van der Waals surface area (Å²) in [5, 5.41) is 13.4. The standard InChI is InChI=1S/C13H18F3N3O2/c1-9-6-10(12(21)17-4-2-3-5-20)7-11(19-9)18-8-13(14,15)16/h6-7,20H,2-5,8H2,1H3,(H,17,21)(H,18,19). The fourth-order valence-corrected chi connectivity index (χ4v) is 1.62. The minimum absolute atomic E-state index is 0.00725. The molecule has 0 aliphatic carbocycles. The molecular weight excluding hydrogens is 287 g/mol. The van der Waals surface area contributed by atoms with E-state index in [1.54, 1.807) is 6.92 Å². The SMILES string of the molecule is Cc1cc(C(=O)NCCCCO)cc(NCC(F)(F)F)n1. The fourth-order valence-electron chi connectivity index (χ4n) is 1.62. The van der Waals surface area contributed by atoms with Crippen molar-refractivity contribution in [3.8, 4) is 0 Å². The number of hydrogen-bond donors (Lipinski definition) is 3. The maximum atomic E-state index is 12.2. The van der Waals surface area contributed by atoms with Crippen LogP contribution in [0.1, 0.15) is 28.9 Å². The molecule has 0 bridgehead atoms. The second-order valence-electron chi connectivity index (χ2n) is 4.54. The number of unbranched alkanes of at least 4 members (excludes halogenated alkanes) is 1. The number of aliphatic hydroxyl groups is 1. The summed E-state index contributed by atoms with van der Waals surface area (Å²) in [7, 11) is 0. The maximum absolute atomic E-state index is 12.2. The minimum atomic E-state index is -4.35. The van der Waals surface area contributed by atoms with Gasteiger partial charge in [0.05, 0.1) is 0 Å². The Morgan fingerprint density at radius 2 is 2.05 bits per heavy atom. The van der Waals surface area contributed by atoms with Gasteiger partial charge in [0.15, 0.2) is 0 Å². The molecule has 1 heterocycles. The van der Waals surface area contributed by atoms with Gasteiger partial charge in [-0.3, -0.25) is 4.79 Å². The Morgan fingerprint density at radius 1 is 1.33 bits per heavy atom. The maximum Gasteiger partial charge on any atom is 0.405 e. The molecule has 21 heavy (non-hydrogen) atoms. The van der Waals surface area contributed by atoms with E-state index in [2.05, 4.69) is 15.6 Å². The molecule has 0 aromatic carbocycles. The Morgan fingerprint density at radius 3 is 2.67 bits per heavy atom. The molecule has 1 aromatic heterocycles. The highest BCUT2D eigenvalue weighted by atomic mass is 19.4. The van der Waals surface area contributed by atoms with Gasteiger partial charge in [-0.05, 0) is 31.9 Å². The van der Waals surface area contributed by atoms with Crippen LogP contribution in [0, 0.1) is 6.92 Å². The van der Waals surface area contributed by atoms with Crippen molar-refractivity contribution in [2.45, 2.75) is 25.9 Å². The van der Waals surface area contributed by atoms with Gasteiger partial charge in [-0.2, -0.15) is 13.2 Å². The molecular formula is C13H18F3N3O2. The normalized spacial score (nSPS) is 11.3. The van der Waals surface area contributed by atoms with Crippen molar-refractivity contribution >= 4 is 11.7 Å². The van der Waals surface area contributed by atoms with E-state index in [1.807, 2.05) is 0 Å². The number of hydrogen-bond acceptors (Lipinski definition) is 4. The van der Waals surface area contributed by atoms with Gasteiger partial charge in [0.25, 0.3) is 5.91 Å². The number of aliphatic hydroxyl groups excluding tert-OH is 1. The summed E-state index contributed by atoms with van der Waals surface area (Å²) in [4.78, 5) is 15.8. The highest BCUT2D eigenvalue weighted by Crippen LogP contribution is 2.16. The number of carbonyl (C=O) groups is 1. The van der Waals surface area contributed by atoms with E-state index in [0.717, 1.165) is 0 Å². The van der Waals surface area contributed by atoms with E-state index in [9.17, 15) is 18.0 Å². The number of halogens is 3. The van der Waals surface area contributed by atoms with Crippen LogP contribution in [-0.4, -0.2) is 41.9 Å². The van der Waals surface area contributed by atoms with Gasteiger partial charge in [-0.1, -0.05) is 0 Å². The number of anilines is 1. The Hall–Kier alpha value is -1.83. The van der Waals surface area contributed by atoms with Crippen molar-refractivity contribution in [3.05, 3.63) is 23.4 Å². The summed E-state index contributed by atoms with van der Waals surface area (Å²) in [6, 6.07) is 2.78. The van der Waals surface area contributed by atoms with E-state index in [0.29, 0.717) is 25.1 Å². The van der Waals surface area contributed by atoms with Crippen LogP contribution >= 0.6 is 0 Å². The monoisotopic (exact) mass is 305 g/mol. The highest BCUT2D eigenvalue weighted by molar-refractivity contribution is 5.94. The molecule has 0 atom stereocenters. The molecule has 0 aliphatic rings. The first-order valence-corrected chi connectivity index (χ1v) is 6.50. The number of nitrogens with one attached hydrogen (secondary N) is 2. The Kier molecular flexibility index (Phi) is 6.41. The average molecular weight is 305 g/mol. The van der Waals surface area contributed by atoms with E-state index < -0.39 is 12.7 Å². The molecule has 3 N–H and O–H groups in total. The number of rotatable bonds is 7. The van der Waals surface area contributed by atoms with Crippen LogP contribution in [-0.2, 0) is 0 Å². The molecule has 0 saturated heterocycles. The highest BCUT2D eigenvalue weighted by Gasteiger charge is 2.26. The van der Waals surface area contributed by atoms with Gasteiger partial charge >= 0.3 is 6.18 Å². The first kappa shape index (κ1) is 17.2. The van der Waals surface area contributed by atoms with Crippen molar-refractivity contribution in [2.75, 3.05) is 25.0 Å². The number of aryl methyl sites for hydroxylation is 1. The molecule has 1 amide bonds. The lowest BCUT2D eigenvalue weighted by Gasteiger charge is -2.11. The molecule has 1 rings (SSSR count). The van der Waals surface area contributed by atoms with Gasteiger partial charge in [-0.15, -0.1) is 0 Å². The lowest BCUT2D eigenvalue weighted by Crippen LogP contribution is -2.25. The number of amides is 1. The Labute approximate surface area is 120 Å². The summed E-state index contributed by atoms with van der Waals surface area (Å²) in [6.45, 7) is 0.837. The van der Waals surface area contributed by atoms with E-state index >= 15 is 0 Å². The third-order valence-electron chi connectivity index (χ3n) is 2.56. The molecule has 0 saturated carbocycles. The number of nitrogens with zero attached hydrogens (tertiary/aromatic N) is 1. The predicted octanol–water partition coefficient (Wildman–Crippen LogP) is 1.87. The summed E-state index contributed by atoms with van der Waals surface area (Å²) in [5.41, 5.74) is 0.693. The van der Waals surface area contributed by atoms with Crippen molar-refractivity contribution in [1.82, 2.24) is 10.3 Å². The van der Waals surface area contributed by atoms with Gasteiger partial charge in [0.2, 0.25) is 0 Å². The van der Waals surface area contributed by atoms with Crippen LogP contribution < -0.4 is 10.6 Å². The van der Waals surface area contributed by atoms with Crippen LogP contribution in [0.15, 0.2) is 12.1 Å². The number of pyridine rings is 1. The van der Waals surface area contributed by atoms with Crippen LogP contribution in [0.25, 0.3) is 0 Å². The largest absolute Gasteiger partial charge is 0.405 e. The zero-order valence-electron chi connectivity index (χ0n) is 11.6. The van der Waals surface area contributed by atoms with Crippen LogP contribution in [0.2, 0.25) is 0 Å². The summed E-state index contributed by atoms with van der Waals surface area (Å²) < 4.78 is 36.5. The number of alkyl halides is 3. The molecule has 0 aliphatic heterocycles. The zero-order valence-corrected chi connectivity index (χ0v) is 11.6. The van der Waals surface area contributed by atoms with Crippen molar-refractivity contribution in [3.63, 3.8) is 0 Å². The van der Waals surface area contributed by atoms with E-state index in [4.69, 9.17) is 5.11 Å². The van der Waals surface area contributed by atoms with Gasteiger partial charge in [-0.25, -0.2) is 4.98 Å². The molecule has 8 heteroatoms. The van der Waals surface area contributed by atoms with Crippen LogP contribution in [0.4, 0.5) is 19.0 Å². The first-order chi connectivity index (χ1) is 9.81. The average Bonchev–Trinajstić information content (AvgIpc) is 2.40. The Bertz CT molecular complexity index is 478. The van der Waals surface area contributed by atoms with Crippen molar-refractivity contribution in [1.29, 1.82) is 0 Å². The minimum Gasteiger partial charge on any atom is -0.396 e. The van der Waals surface area contributed by atoms with E-state index in [1.165, 1.54) is 12.1 Å². The molecule has 118 valence electrons. The van der Waals surface area contributed by atoms with E-state index in [-0.39, 0.29) is 23.9 Å². The third kappa shape index (κ3) is 6.94. The van der Waals surface area contributed by atoms with Crippen molar-refractivity contribution in [2.24, 2.45) is 0 Å². The molecule has 0 radical (unpaired) electrons.